The number of fused-ring (bicyclic) bond motifs is 1. The van der Waals surface area contributed by atoms with Crippen LogP contribution in [0.2, 0.25) is 0 Å². The van der Waals surface area contributed by atoms with Gasteiger partial charge in [-0.15, -0.1) is 0 Å². The maximum absolute atomic E-state index is 12.9. The smallest absolute Gasteiger partial charge is 0.289 e. The molecule has 0 N–H and O–H groups in total. The molecule has 0 unspecified atom stereocenters. The predicted molar refractivity (Wildman–Crippen MR) is 110 cm³/mol. The van der Waals surface area contributed by atoms with Gasteiger partial charge in [0.2, 0.25) is 5.91 Å². The molecular formula is C22H23N3O6. The second-order valence-electron chi connectivity index (χ2n) is 7.38. The van der Waals surface area contributed by atoms with Gasteiger partial charge in [0.05, 0.1) is 12.0 Å². The van der Waals surface area contributed by atoms with Gasteiger partial charge in [-0.1, -0.05) is 6.92 Å². The molecule has 4 rings (SSSR count). The molecule has 0 atom stereocenters. The minimum absolute atomic E-state index is 0.0514. The molecule has 1 fully saturated rings. The van der Waals surface area contributed by atoms with Gasteiger partial charge in [-0.25, -0.2) is 0 Å². The number of hydrogen-bond acceptors (Lipinski definition) is 6. The Morgan fingerprint density at radius 2 is 1.77 bits per heavy atom. The number of hydrogen-bond donors (Lipinski definition) is 0. The molecule has 0 radical (unpaired) electrons. The Morgan fingerprint density at radius 1 is 1.03 bits per heavy atom. The highest BCUT2D eigenvalue weighted by Crippen LogP contribution is 2.33. The maximum Gasteiger partial charge on any atom is 0.289 e. The summed E-state index contributed by atoms with van der Waals surface area (Å²) in [6.45, 7) is 2.96. The molecule has 0 aliphatic carbocycles. The largest absolute Gasteiger partial charge is 0.482 e. The first-order valence-electron chi connectivity index (χ1n) is 10.2. The second kappa shape index (κ2) is 8.63. The van der Waals surface area contributed by atoms with E-state index in [1.165, 1.54) is 11.2 Å². The van der Waals surface area contributed by atoms with Crippen molar-refractivity contribution in [2.45, 2.75) is 13.3 Å². The van der Waals surface area contributed by atoms with E-state index in [0.717, 1.165) is 0 Å². The number of furan rings is 1. The average molecular weight is 425 g/mol. The minimum atomic E-state index is -0.339. The summed E-state index contributed by atoms with van der Waals surface area (Å²) in [5.74, 6) is -0.0827. The van der Waals surface area contributed by atoms with Crippen LogP contribution >= 0.6 is 0 Å². The zero-order valence-electron chi connectivity index (χ0n) is 17.2. The van der Waals surface area contributed by atoms with Crippen molar-refractivity contribution in [2.24, 2.45) is 0 Å². The summed E-state index contributed by atoms with van der Waals surface area (Å²) in [6, 6.07) is 8.19. The van der Waals surface area contributed by atoms with E-state index < -0.39 is 0 Å². The fraction of sp³-hybridized carbons (Fsp3) is 0.364. The molecule has 2 aliphatic rings. The lowest BCUT2D eigenvalue weighted by Crippen LogP contribution is -2.53. The lowest BCUT2D eigenvalue weighted by molar-refractivity contribution is -0.133. The number of nitrogens with zero attached hydrogens (tertiary/aromatic N) is 3. The summed E-state index contributed by atoms with van der Waals surface area (Å²) in [7, 11) is 0. The van der Waals surface area contributed by atoms with Crippen molar-refractivity contribution in [1.29, 1.82) is 0 Å². The standard InChI is InChI=1S/C22H23N3O6/c1-2-17(26)15-5-6-18-16(12-15)25(21(28)14-31-18)13-20(27)23-7-9-24(10-8-23)22(29)19-4-3-11-30-19/h3-6,11-12H,2,7-10,13-14H2,1H3. The first kappa shape index (κ1) is 20.6. The lowest BCUT2D eigenvalue weighted by atomic mass is 10.1. The molecule has 2 aromatic rings. The van der Waals surface area contributed by atoms with E-state index in [9.17, 15) is 19.2 Å². The van der Waals surface area contributed by atoms with E-state index >= 15 is 0 Å². The fourth-order valence-electron chi connectivity index (χ4n) is 3.70. The molecular weight excluding hydrogens is 402 g/mol. The summed E-state index contributed by atoms with van der Waals surface area (Å²) >= 11 is 0. The van der Waals surface area contributed by atoms with Crippen LogP contribution in [-0.2, 0) is 9.59 Å². The number of carbonyl (C=O) groups excluding carboxylic acids is 4. The van der Waals surface area contributed by atoms with Gasteiger partial charge in [0.25, 0.3) is 11.8 Å². The van der Waals surface area contributed by atoms with Crippen molar-refractivity contribution >= 4 is 29.2 Å². The topological polar surface area (TPSA) is 100 Å². The van der Waals surface area contributed by atoms with Crippen LogP contribution in [0.5, 0.6) is 5.75 Å². The zero-order valence-corrected chi connectivity index (χ0v) is 17.2. The lowest BCUT2D eigenvalue weighted by Gasteiger charge is -2.36. The fourth-order valence-corrected chi connectivity index (χ4v) is 3.70. The summed E-state index contributed by atoms with van der Waals surface area (Å²) in [5, 5.41) is 0. The molecule has 2 aliphatic heterocycles. The molecule has 0 saturated carbocycles. The van der Waals surface area contributed by atoms with Crippen LogP contribution < -0.4 is 9.64 Å². The number of rotatable bonds is 5. The van der Waals surface area contributed by atoms with Crippen molar-refractivity contribution in [1.82, 2.24) is 9.80 Å². The molecule has 1 aromatic carbocycles. The quantitative estimate of drug-likeness (QED) is 0.675. The molecule has 0 spiro atoms. The van der Waals surface area contributed by atoms with Crippen LogP contribution in [0, 0.1) is 0 Å². The monoisotopic (exact) mass is 425 g/mol. The zero-order chi connectivity index (χ0) is 22.0. The highest BCUT2D eigenvalue weighted by atomic mass is 16.5. The molecule has 1 saturated heterocycles. The van der Waals surface area contributed by atoms with Crippen LogP contribution in [0.1, 0.15) is 34.3 Å². The number of ketones is 1. The van der Waals surface area contributed by atoms with Crippen LogP contribution in [0.25, 0.3) is 0 Å². The van der Waals surface area contributed by atoms with Crippen LogP contribution in [0.15, 0.2) is 41.0 Å². The normalized spacial score (nSPS) is 16.0. The minimum Gasteiger partial charge on any atom is -0.482 e. The molecule has 0 bridgehead atoms. The Labute approximate surface area is 179 Å². The van der Waals surface area contributed by atoms with Gasteiger partial charge in [0, 0.05) is 38.2 Å². The van der Waals surface area contributed by atoms with Crippen molar-refractivity contribution in [3.63, 3.8) is 0 Å². The van der Waals surface area contributed by atoms with E-state index in [0.29, 0.717) is 49.6 Å². The Kier molecular flexibility index (Phi) is 5.75. The van der Waals surface area contributed by atoms with Crippen LogP contribution in [0.4, 0.5) is 5.69 Å². The molecule has 3 heterocycles. The Morgan fingerprint density at radius 3 is 2.45 bits per heavy atom. The first-order chi connectivity index (χ1) is 15.0. The first-order valence-corrected chi connectivity index (χ1v) is 10.2. The SMILES string of the molecule is CCC(=O)c1ccc2c(c1)N(CC(=O)N1CCN(C(=O)c3ccco3)CC1)C(=O)CO2. The average Bonchev–Trinajstić information content (AvgIpc) is 3.34. The summed E-state index contributed by atoms with van der Waals surface area (Å²) in [5.41, 5.74) is 0.901. The Bertz CT molecular complexity index is 1010. The van der Waals surface area contributed by atoms with Gasteiger partial charge >= 0.3 is 0 Å². The summed E-state index contributed by atoms with van der Waals surface area (Å²) in [4.78, 5) is 54.5. The van der Waals surface area contributed by atoms with Crippen LogP contribution in [0.3, 0.4) is 0 Å². The Hall–Kier alpha value is -3.62. The van der Waals surface area contributed by atoms with Gasteiger partial charge in [-0.2, -0.15) is 0 Å². The highest BCUT2D eigenvalue weighted by Gasteiger charge is 2.31. The maximum atomic E-state index is 12.9. The van der Waals surface area contributed by atoms with Gasteiger partial charge in [-0.3, -0.25) is 24.1 Å². The van der Waals surface area contributed by atoms with E-state index in [1.807, 2.05) is 0 Å². The molecule has 9 heteroatoms. The van der Waals surface area contributed by atoms with Crippen LogP contribution in [-0.4, -0.2) is 72.6 Å². The number of piperazine rings is 1. The number of carbonyl (C=O) groups is 4. The van der Waals surface area contributed by atoms with E-state index in [-0.39, 0.29) is 42.4 Å². The van der Waals surface area contributed by atoms with Crippen molar-refractivity contribution < 1.29 is 28.3 Å². The molecule has 1 aromatic heterocycles. The number of benzene rings is 1. The molecule has 162 valence electrons. The summed E-state index contributed by atoms with van der Waals surface area (Å²) < 4.78 is 10.6. The molecule has 31 heavy (non-hydrogen) atoms. The van der Waals surface area contributed by atoms with Gasteiger partial charge in [0.15, 0.2) is 18.2 Å². The third-order valence-corrected chi connectivity index (χ3v) is 5.49. The number of anilines is 1. The van der Waals surface area contributed by atoms with E-state index in [2.05, 4.69) is 0 Å². The molecule has 9 nitrogen and oxygen atoms in total. The third kappa shape index (κ3) is 4.16. The van der Waals surface area contributed by atoms with Crippen molar-refractivity contribution in [2.75, 3.05) is 44.2 Å². The van der Waals surface area contributed by atoms with Gasteiger partial charge in [0.1, 0.15) is 12.3 Å². The van der Waals surface area contributed by atoms with Gasteiger partial charge in [-0.05, 0) is 30.3 Å². The Balaban J connectivity index is 1.43. The highest BCUT2D eigenvalue weighted by molar-refractivity contribution is 6.04. The van der Waals surface area contributed by atoms with Gasteiger partial charge < -0.3 is 19.0 Å². The summed E-state index contributed by atoms with van der Waals surface area (Å²) in [6.07, 6.45) is 1.79. The number of amides is 3. The van der Waals surface area contributed by atoms with Crippen molar-refractivity contribution in [3.05, 3.63) is 47.9 Å². The van der Waals surface area contributed by atoms with E-state index in [1.54, 1.807) is 47.1 Å². The second-order valence-corrected chi connectivity index (χ2v) is 7.38. The van der Waals surface area contributed by atoms with E-state index in [4.69, 9.17) is 9.15 Å². The third-order valence-electron chi connectivity index (χ3n) is 5.49. The number of Topliss-reactive ketones (excluding diaryl/α,β-unsaturated/α-hetero) is 1. The van der Waals surface area contributed by atoms with Crippen molar-refractivity contribution in [3.8, 4) is 5.75 Å². The predicted octanol–water partition coefficient (Wildman–Crippen LogP) is 1.58. The number of ether oxygens (including phenoxy) is 1. The molecule has 3 amide bonds.